The number of carbonyl (C=O) groups excluding carboxylic acids is 1. The Kier molecular flexibility index (Phi) is 2.72. The number of anilines is 1. The summed E-state index contributed by atoms with van der Waals surface area (Å²) < 4.78 is 4.52. The lowest BCUT2D eigenvalue weighted by atomic mass is 10.2. The first-order valence-electron chi connectivity index (χ1n) is 4.91. The molecule has 0 aliphatic heterocycles. The van der Waals surface area contributed by atoms with Crippen molar-refractivity contribution in [2.45, 2.75) is 6.92 Å². The number of hydrogen-bond donors (Lipinski definition) is 1. The number of benzene rings is 1. The van der Waals surface area contributed by atoms with Gasteiger partial charge < -0.3 is 4.74 Å². The topological polar surface area (TPSA) is 51.2 Å². The molecular formula is C12H12N2O2. The van der Waals surface area contributed by atoms with Crippen LogP contribution >= 0.6 is 0 Å². The molecular weight excluding hydrogens is 204 g/mol. The maximum absolute atomic E-state index is 11.0. The van der Waals surface area contributed by atoms with Crippen molar-refractivity contribution >= 4 is 22.7 Å². The lowest BCUT2D eigenvalue weighted by Crippen LogP contribution is -2.10. The van der Waals surface area contributed by atoms with Crippen LogP contribution in [-0.4, -0.2) is 18.2 Å². The molecule has 1 aromatic heterocycles. The van der Waals surface area contributed by atoms with Gasteiger partial charge in [0.2, 0.25) is 0 Å². The van der Waals surface area contributed by atoms with Crippen molar-refractivity contribution in [3.63, 3.8) is 0 Å². The minimum absolute atomic E-state index is 0.473. The molecule has 0 radical (unpaired) electrons. The second kappa shape index (κ2) is 4.18. The van der Waals surface area contributed by atoms with Gasteiger partial charge >= 0.3 is 6.09 Å². The fourth-order valence-corrected chi connectivity index (χ4v) is 1.47. The van der Waals surface area contributed by atoms with E-state index in [9.17, 15) is 4.79 Å². The summed E-state index contributed by atoms with van der Waals surface area (Å²) in [5.41, 5.74) is 2.58. The van der Waals surface area contributed by atoms with Crippen molar-refractivity contribution in [2.75, 3.05) is 12.4 Å². The number of aryl methyl sites for hydroxylation is 1. The fourth-order valence-electron chi connectivity index (χ4n) is 1.47. The minimum Gasteiger partial charge on any atom is -0.453 e. The van der Waals surface area contributed by atoms with Crippen LogP contribution in [0.5, 0.6) is 0 Å². The SMILES string of the molecule is COC(=O)Nc1ccc2nc(C)ccc2c1. The molecule has 4 heteroatoms. The summed E-state index contributed by atoms with van der Waals surface area (Å²) in [6, 6.07) is 9.43. The van der Waals surface area contributed by atoms with Crippen molar-refractivity contribution in [3.8, 4) is 0 Å². The van der Waals surface area contributed by atoms with E-state index in [1.165, 1.54) is 7.11 Å². The van der Waals surface area contributed by atoms with Gasteiger partial charge in [0.05, 0.1) is 12.6 Å². The molecule has 0 saturated heterocycles. The fraction of sp³-hybridized carbons (Fsp3) is 0.167. The predicted octanol–water partition coefficient (Wildman–Crippen LogP) is 2.72. The first-order chi connectivity index (χ1) is 7.69. The van der Waals surface area contributed by atoms with E-state index in [4.69, 9.17) is 0 Å². The van der Waals surface area contributed by atoms with E-state index in [-0.39, 0.29) is 0 Å². The summed E-state index contributed by atoms with van der Waals surface area (Å²) in [5, 5.41) is 3.60. The highest BCUT2D eigenvalue weighted by Crippen LogP contribution is 2.18. The third-order valence-corrected chi connectivity index (χ3v) is 2.26. The Hall–Kier alpha value is -2.10. The van der Waals surface area contributed by atoms with Gasteiger partial charge in [-0.25, -0.2) is 4.79 Å². The molecule has 1 amide bonds. The van der Waals surface area contributed by atoms with Crippen LogP contribution in [0.15, 0.2) is 30.3 Å². The Morgan fingerprint density at radius 1 is 1.31 bits per heavy atom. The first-order valence-corrected chi connectivity index (χ1v) is 4.91. The molecule has 0 atom stereocenters. The van der Waals surface area contributed by atoms with Crippen molar-refractivity contribution in [1.82, 2.24) is 4.98 Å². The molecule has 1 aromatic carbocycles. The molecule has 1 N–H and O–H groups in total. The quantitative estimate of drug-likeness (QED) is 0.797. The minimum atomic E-state index is -0.473. The van der Waals surface area contributed by atoms with Gasteiger partial charge in [-0.3, -0.25) is 10.3 Å². The van der Waals surface area contributed by atoms with E-state index in [2.05, 4.69) is 15.0 Å². The number of fused-ring (bicyclic) bond motifs is 1. The molecule has 0 bridgehead atoms. The number of ether oxygens (including phenoxy) is 1. The number of pyridine rings is 1. The van der Waals surface area contributed by atoms with Gasteiger partial charge in [-0.2, -0.15) is 0 Å². The number of nitrogens with one attached hydrogen (secondary N) is 1. The van der Waals surface area contributed by atoms with Gasteiger partial charge in [-0.15, -0.1) is 0 Å². The van der Waals surface area contributed by atoms with Crippen LogP contribution in [0.3, 0.4) is 0 Å². The molecule has 0 saturated carbocycles. The maximum atomic E-state index is 11.0. The number of carbonyl (C=O) groups is 1. The van der Waals surface area contributed by atoms with E-state index >= 15 is 0 Å². The van der Waals surface area contributed by atoms with Crippen LogP contribution in [-0.2, 0) is 4.74 Å². The Morgan fingerprint density at radius 3 is 2.88 bits per heavy atom. The molecule has 0 fully saturated rings. The van der Waals surface area contributed by atoms with E-state index in [1.54, 1.807) is 6.07 Å². The zero-order valence-electron chi connectivity index (χ0n) is 9.15. The summed E-state index contributed by atoms with van der Waals surface area (Å²) in [7, 11) is 1.33. The van der Waals surface area contributed by atoms with E-state index in [1.807, 2.05) is 31.2 Å². The molecule has 2 aromatic rings. The third-order valence-electron chi connectivity index (χ3n) is 2.26. The van der Waals surface area contributed by atoms with Crippen molar-refractivity contribution in [2.24, 2.45) is 0 Å². The van der Waals surface area contributed by atoms with Gasteiger partial charge in [0.25, 0.3) is 0 Å². The van der Waals surface area contributed by atoms with Gasteiger partial charge in [0, 0.05) is 16.8 Å². The van der Waals surface area contributed by atoms with Gasteiger partial charge in [0.1, 0.15) is 0 Å². The lowest BCUT2D eigenvalue weighted by Gasteiger charge is -2.05. The number of amides is 1. The molecule has 2 rings (SSSR count). The Bertz CT molecular complexity index is 538. The highest BCUT2D eigenvalue weighted by atomic mass is 16.5. The monoisotopic (exact) mass is 216 g/mol. The molecule has 0 spiro atoms. The van der Waals surface area contributed by atoms with Crippen LogP contribution in [0.25, 0.3) is 10.9 Å². The zero-order valence-corrected chi connectivity index (χ0v) is 9.15. The summed E-state index contributed by atoms with van der Waals surface area (Å²) in [6.07, 6.45) is -0.473. The molecule has 0 aliphatic rings. The van der Waals surface area contributed by atoms with E-state index in [0.29, 0.717) is 5.69 Å². The highest BCUT2D eigenvalue weighted by Gasteiger charge is 2.02. The second-order valence-corrected chi connectivity index (χ2v) is 3.48. The largest absolute Gasteiger partial charge is 0.453 e. The molecule has 16 heavy (non-hydrogen) atoms. The van der Waals surface area contributed by atoms with Crippen LogP contribution in [0, 0.1) is 6.92 Å². The standard InChI is InChI=1S/C12H12N2O2/c1-8-3-4-9-7-10(14-12(15)16-2)5-6-11(9)13-8/h3-7H,1-2H3,(H,14,15). The Labute approximate surface area is 93.3 Å². The number of methoxy groups -OCH3 is 1. The van der Waals surface area contributed by atoms with Gasteiger partial charge in [0.15, 0.2) is 0 Å². The van der Waals surface area contributed by atoms with E-state index < -0.39 is 6.09 Å². The molecule has 82 valence electrons. The normalized spacial score (nSPS) is 10.1. The number of aromatic nitrogens is 1. The summed E-state index contributed by atoms with van der Waals surface area (Å²) in [6.45, 7) is 1.94. The van der Waals surface area contributed by atoms with Gasteiger partial charge in [-0.1, -0.05) is 6.07 Å². The lowest BCUT2D eigenvalue weighted by molar-refractivity contribution is 0.187. The maximum Gasteiger partial charge on any atom is 0.411 e. The Balaban J connectivity index is 2.37. The van der Waals surface area contributed by atoms with Crippen LogP contribution < -0.4 is 5.32 Å². The predicted molar refractivity (Wildman–Crippen MR) is 62.5 cm³/mol. The molecule has 0 aliphatic carbocycles. The van der Waals surface area contributed by atoms with Crippen LogP contribution in [0.1, 0.15) is 5.69 Å². The number of rotatable bonds is 1. The first kappa shape index (κ1) is 10.4. The van der Waals surface area contributed by atoms with Crippen LogP contribution in [0.2, 0.25) is 0 Å². The third kappa shape index (κ3) is 2.11. The zero-order chi connectivity index (χ0) is 11.5. The molecule has 1 heterocycles. The summed E-state index contributed by atoms with van der Waals surface area (Å²) in [4.78, 5) is 15.4. The number of hydrogen-bond acceptors (Lipinski definition) is 3. The average molecular weight is 216 g/mol. The number of nitrogens with zero attached hydrogens (tertiary/aromatic N) is 1. The molecule has 0 unspecified atom stereocenters. The Morgan fingerprint density at radius 2 is 2.12 bits per heavy atom. The van der Waals surface area contributed by atoms with Crippen molar-refractivity contribution < 1.29 is 9.53 Å². The average Bonchev–Trinajstić information content (AvgIpc) is 2.29. The van der Waals surface area contributed by atoms with Crippen molar-refractivity contribution in [1.29, 1.82) is 0 Å². The smallest absolute Gasteiger partial charge is 0.411 e. The summed E-state index contributed by atoms with van der Waals surface area (Å²) in [5.74, 6) is 0. The van der Waals surface area contributed by atoms with Crippen LogP contribution in [0.4, 0.5) is 10.5 Å². The molecule has 4 nitrogen and oxygen atoms in total. The second-order valence-electron chi connectivity index (χ2n) is 3.48. The highest BCUT2D eigenvalue weighted by molar-refractivity contribution is 5.89. The summed E-state index contributed by atoms with van der Waals surface area (Å²) >= 11 is 0. The van der Waals surface area contributed by atoms with Gasteiger partial charge in [-0.05, 0) is 31.2 Å². The van der Waals surface area contributed by atoms with E-state index in [0.717, 1.165) is 16.6 Å². The van der Waals surface area contributed by atoms with Crippen molar-refractivity contribution in [3.05, 3.63) is 36.0 Å².